The summed E-state index contributed by atoms with van der Waals surface area (Å²) in [6, 6.07) is 16.6. The number of piperidine rings is 1. The molecule has 1 saturated carbocycles. The van der Waals surface area contributed by atoms with Gasteiger partial charge in [-0.2, -0.15) is 5.10 Å². The molecular weight excluding hydrogens is 620 g/mol. The van der Waals surface area contributed by atoms with E-state index in [9.17, 15) is 19.5 Å². The molecule has 11 heteroatoms. The van der Waals surface area contributed by atoms with Crippen molar-refractivity contribution >= 4 is 17.6 Å². The van der Waals surface area contributed by atoms with Gasteiger partial charge in [-0.3, -0.25) is 14.2 Å². The number of nitrogens with zero attached hydrogens (tertiary/aromatic N) is 5. The van der Waals surface area contributed by atoms with E-state index in [1.165, 1.54) is 40.4 Å². The van der Waals surface area contributed by atoms with Gasteiger partial charge in [-0.15, -0.1) is 0 Å². The summed E-state index contributed by atoms with van der Waals surface area (Å²) in [7, 11) is 0. The molecule has 49 heavy (non-hydrogen) atoms. The van der Waals surface area contributed by atoms with Crippen molar-refractivity contribution in [1.82, 2.24) is 24.1 Å². The van der Waals surface area contributed by atoms with Crippen molar-refractivity contribution in [3.8, 4) is 11.3 Å². The summed E-state index contributed by atoms with van der Waals surface area (Å²) in [6.45, 7) is 6.87. The number of aromatic nitrogens is 4. The first-order valence-electron chi connectivity index (χ1n) is 17.5. The number of nitrogens with two attached hydrogens (primary N) is 1. The normalized spacial score (nSPS) is 20.2. The molecule has 3 atom stereocenters. The van der Waals surface area contributed by atoms with E-state index in [2.05, 4.69) is 41.3 Å². The highest BCUT2D eigenvalue weighted by Gasteiger charge is 2.40. The third kappa shape index (κ3) is 6.60. The lowest BCUT2D eigenvalue weighted by Crippen LogP contribution is -2.50. The molecule has 1 aliphatic heterocycles. The van der Waals surface area contributed by atoms with Crippen molar-refractivity contribution in [2.45, 2.75) is 95.3 Å². The van der Waals surface area contributed by atoms with Gasteiger partial charge >= 0.3 is 6.09 Å². The zero-order valence-corrected chi connectivity index (χ0v) is 28.5. The SMILES string of the molecule is CC(C1CCc2cc(-c3cnc4c(=O)n(CC5(O)CCN(C(=O)CC(c6ccccc6)C6CC6)CC5)cnn34)ccc21)C(C)(C)OC(N)=O. The van der Waals surface area contributed by atoms with E-state index in [1.807, 2.05) is 43.0 Å². The molecule has 11 nitrogen and oxygen atoms in total. The van der Waals surface area contributed by atoms with E-state index >= 15 is 0 Å². The number of ether oxygens (including phenoxy) is 1. The fourth-order valence-electron chi connectivity index (χ4n) is 8.10. The van der Waals surface area contributed by atoms with Crippen LogP contribution in [0.5, 0.6) is 0 Å². The fraction of sp³-hybridized carbons (Fsp3) is 0.500. The van der Waals surface area contributed by atoms with Crippen LogP contribution in [0.2, 0.25) is 0 Å². The predicted octanol–water partition coefficient (Wildman–Crippen LogP) is 5.04. The summed E-state index contributed by atoms with van der Waals surface area (Å²) < 4.78 is 8.44. The first-order chi connectivity index (χ1) is 23.4. The number of aliphatic hydroxyl groups is 1. The van der Waals surface area contributed by atoms with Crippen LogP contribution in [0.25, 0.3) is 16.9 Å². The van der Waals surface area contributed by atoms with Crippen molar-refractivity contribution in [3.05, 3.63) is 88.1 Å². The lowest BCUT2D eigenvalue weighted by Gasteiger charge is -2.38. The van der Waals surface area contributed by atoms with E-state index in [1.54, 1.807) is 10.7 Å². The third-order valence-corrected chi connectivity index (χ3v) is 11.4. The van der Waals surface area contributed by atoms with E-state index in [0.29, 0.717) is 44.0 Å². The van der Waals surface area contributed by atoms with Crippen molar-refractivity contribution in [2.24, 2.45) is 17.6 Å². The van der Waals surface area contributed by atoms with Gasteiger partial charge in [0.1, 0.15) is 11.9 Å². The number of carbonyl (C=O) groups excluding carboxylic acids is 2. The van der Waals surface area contributed by atoms with Gasteiger partial charge in [-0.1, -0.05) is 49.4 Å². The number of carbonyl (C=O) groups is 2. The highest BCUT2D eigenvalue weighted by molar-refractivity contribution is 5.77. The average molecular weight is 667 g/mol. The second kappa shape index (κ2) is 12.7. The zero-order valence-electron chi connectivity index (χ0n) is 28.5. The number of rotatable bonds is 10. The van der Waals surface area contributed by atoms with Crippen molar-refractivity contribution in [2.75, 3.05) is 13.1 Å². The Bertz CT molecular complexity index is 1920. The first-order valence-corrected chi connectivity index (χ1v) is 17.5. The van der Waals surface area contributed by atoms with Gasteiger partial charge in [0.05, 0.1) is 24.0 Å². The highest BCUT2D eigenvalue weighted by atomic mass is 16.6. The van der Waals surface area contributed by atoms with Gasteiger partial charge in [0.15, 0.2) is 0 Å². The Hall–Kier alpha value is -4.51. The number of likely N-dealkylation sites (tertiary alicyclic amines) is 1. The zero-order chi connectivity index (χ0) is 34.5. The molecule has 4 aromatic rings. The van der Waals surface area contributed by atoms with E-state index in [-0.39, 0.29) is 41.4 Å². The lowest BCUT2D eigenvalue weighted by molar-refractivity contribution is -0.136. The van der Waals surface area contributed by atoms with Crippen molar-refractivity contribution in [1.29, 1.82) is 0 Å². The maximum Gasteiger partial charge on any atom is 0.405 e. The molecule has 7 rings (SSSR count). The Labute approximate surface area is 286 Å². The summed E-state index contributed by atoms with van der Waals surface area (Å²) in [5.74, 6) is 1.22. The lowest BCUT2D eigenvalue weighted by atomic mass is 9.78. The van der Waals surface area contributed by atoms with Crippen LogP contribution in [0.4, 0.5) is 4.79 Å². The quantitative estimate of drug-likeness (QED) is 0.241. The molecular formula is C38H46N6O5. The molecule has 0 radical (unpaired) electrons. The number of imidazole rings is 1. The topological polar surface area (TPSA) is 145 Å². The number of fused-ring (bicyclic) bond motifs is 2. The Morgan fingerprint density at radius 1 is 1.10 bits per heavy atom. The monoisotopic (exact) mass is 666 g/mol. The average Bonchev–Trinajstić information content (AvgIpc) is 3.68. The maximum absolute atomic E-state index is 13.6. The molecule has 2 fully saturated rings. The maximum atomic E-state index is 13.6. The second-order valence-electron chi connectivity index (χ2n) is 15.0. The van der Waals surface area contributed by atoms with Crippen LogP contribution in [0.1, 0.15) is 87.8 Å². The molecule has 2 amide bonds. The Balaban J connectivity index is 1.02. The number of amides is 2. The minimum Gasteiger partial charge on any atom is -0.443 e. The van der Waals surface area contributed by atoms with Crippen LogP contribution in [-0.2, 0) is 22.5 Å². The summed E-state index contributed by atoms with van der Waals surface area (Å²) in [6.07, 6.45) is 7.78. The van der Waals surface area contributed by atoms with Crippen LogP contribution in [0.3, 0.4) is 0 Å². The fourth-order valence-corrected chi connectivity index (χ4v) is 8.10. The van der Waals surface area contributed by atoms with Gasteiger partial charge in [-0.05, 0) is 92.9 Å². The summed E-state index contributed by atoms with van der Waals surface area (Å²) in [4.78, 5) is 44.7. The number of benzene rings is 2. The van der Waals surface area contributed by atoms with Crippen molar-refractivity contribution in [3.63, 3.8) is 0 Å². The largest absolute Gasteiger partial charge is 0.443 e. The minimum absolute atomic E-state index is 0.0601. The molecule has 0 spiro atoms. The number of hydrogen-bond donors (Lipinski definition) is 2. The Morgan fingerprint density at radius 3 is 2.53 bits per heavy atom. The van der Waals surface area contributed by atoms with Gasteiger partial charge in [0.25, 0.3) is 5.56 Å². The highest BCUT2D eigenvalue weighted by Crippen LogP contribution is 2.46. The van der Waals surface area contributed by atoms with Gasteiger partial charge in [-0.25, -0.2) is 14.3 Å². The predicted molar refractivity (Wildman–Crippen MR) is 185 cm³/mol. The van der Waals surface area contributed by atoms with Crippen molar-refractivity contribution < 1.29 is 19.4 Å². The minimum atomic E-state index is -1.13. The van der Waals surface area contributed by atoms with Gasteiger partial charge < -0.3 is 20.5 Å². The molecule has 2 aliphatic carbocycles. The molecule has 3 N–H and O–H groups in total. The summed E-state index contributed by atoms with van der Waals surface area (Å²) in [5, 5.41) is 16.1. The van der Waals surface area contributed by atoms with Gasteiger partial charge in [0.2, 0.25) is 11.6 Å². The molecule has 258 valence electrons. The Morgan fingerprint density at radius 2 is 1.84 bits per heavy atom. The standard InChI is InChI=1S/C38H46N6O5/c1-24(37(2,3)49-36(39)47)29-13-11-27-19-28(12-14-30(27)29)32-21-40-34-35(46)43(23-41-44(32)34)22-38(48)15-17-42(18-16-38)33(45)20-31(26-9-10-26)25-7-5-4-6-8-25/h4-8,12,14,19,21,23-24,26,29,31,48H,9-11,13,15-18,20,22H2,1-3H3,(H2,39,47). The molecule has 3 unspecified atom stereocenters. The van der Waals surface area contributed by atoms with E-state index in [4.69, 9.17) is 10.5 Å². The Kier molecular flexibility index (Phi) is 8.59. The van der Waals surface area contributed by atoms with Crippen LogP contribution >= 0.6 is 0 Å². The van der Waals surface area contributed by atoms with Crippen LogP contribution in [-0.4, -0.2) is 65.5 Å². The third-order valence-electron chi connectivity index (χ3n) is 11.4. The molecule has 1 saturated heterocycles. The van der Waals surface area contributed by atoms with E-state index < -0.39 is 17.3 Å². The summed E-state index contributed by atoms with van der Waals surface area (Å²) >= 11 is 0. The molecule has 0 bridgehead atoms. The first kappa shape index (κ1) is 33.0. The smallest absolute Gasteiger partial charge is 0.405 e. The van der Waals surface area contributed by atoms with Crippen LogP contribution in [0.15, 0.2) is 65.8 Å². The summed E-state index contributed by atoms with van der Waals surface area (Å²) in [5.41, 5.74) is 8.64. The van der Waals surface area contributed by atoms with Crippen LogP contribution in [0, 0.1) is 11.8 Å². The molecule has 3 heterocycles. The second-order valence-corrected chi connectivity index (χ2v) is 15.0. The molecule has 2 aromatic heterocycles. The number of primary amides is 1. The number of hydrogen-bond acceptors (Lipinski definition) is 7. The molecule has 2 aromatic carbocycles. The van der Waals surface area contributed by atoms with Gasteiger partial charge in [0, 0.05) is 31.0 Å². The number of aryl methyl sites for hydroxylation is 1. The van der Waals surface area contributed by atoms with E-state index in [0.717, 1.165) is 18.4 Å². The molecule has 3 aliphatic rings. The van der Waals surface area contributed by atoms with Crippen LogP contribution < -0.4 is 11.3 Å².